The van der Waals surface area contributed by atoms with Crippen molar-refractivity contribution < 1.29 is 17.2 Å². The van der Waals surface area contributed by atoms with E-state index in [0.717, 1.165) is 52.5 Å². The fourth-order valence-electron chi connectivity index (χ4n) is 4.80. The molecule has 226 valence electrons. The van der Waals surface area contributed by atoms with E-state index in [1.807, 2.05) is 82.6 Å². The van der Waals surface area contributed by atoms with Crippen LogP contribution >= 0.6 is 0 Å². The number of urea groups is 1. The van der Waals surface area contributed by atoms with Gasteiger partial charge >= 0.3 is 12.1 Å². The Morgan fingerprint density at radius 3 is 2.31 bits per heavy atom. The number of hydrogen-bond donors (Lipinski definition) is 2. The summed E-state index contributed by atoms with van der Waals surface area (Å²) in [5.41, 5.74) is 6.32. The number of nitrogens with zero attached hydrogens (tertiary/aromatic N) is 4. The van der Waals surface area contributed by atoms with Gasteiger partial charge in [0.15, 0.2) is 0 Å². The number of fused-ring (bicyclic) bond motifs is 1. The van der Waals surface area contributed by atoms with E-state index in [-0.39, 0.29) is 15.0 Å². The molecule has 5 rings (SSSR count). The number of pyridine rings is 1. The van der Waals surface area contributed by atoms with Crippen LogP contribution in [0, 0.1) is 0 Å². The maximum Gasteiger partial charge on any atom is 0.410 e. The Morgan fingerprint density at radius 2 is 1.64 bits per heavy atom. The maximum absolute atomic E-state index is 12.4. The smallest absolute Gasteiger partial charge is 0.410 e. The van der Waals surface area contributed by atoms with Crippen molar-refractivity contribution in [2.24, 2.45) is 0 Å². The lowest BCUT2D eigenvalue weighted by atomic mass is 10.1. The van der Waals surface area contributed by atoms with Crippen LogP contribution in [0.5, 0.6) is 0 Å². The monoisotopic (exact) mass is 574 g/mol. The van der Waals surface area contributed by atoms with Gasteiger partial charge in [0, 0.05) is 58.7 Å². The zero-order chi connectivity index (χ0) is 30.3. The summed E-state index contributed by atoms with van der Waals surface area (Å²) in [5, 5.41) is 5.61. The molecular weight excluding hydrogens is 528 g/mol. The highest BCUT2D eigenvalue weighted by Crippen LogP contribution is 2.28. The topological polar surface area (TPSA) is 91.2 Å². The van der Waals surface area contributed by atoms with Crippen molar-refractivity contribution in [3.63, 3.8) is 0 Å². The molecule has 2 aromatic carbocycles. The predicted molar refractivity (Wildman–Crippen MR) is 174 cm³/mol. The van der Waals surface area contributed by atoms with Gasteiger partial charge in [-0.2, -0.15) is 0 Å². The molecule has 0 radical (unpaired) electrons. The second-order valence-electron chi connectivity index (χ2n) is 10.9. The fourth-order valence-corrected chi connectivity index (χ4v) is 4.80. The van der Waals surface area contributed by atoms with Gasteiger partial charge in [-0.15, -0.1) is 0 Å². The van der Waals surface area contributed by atoms with Crippen molar-refractivity contribution in [1.29, 1.82) is 0 Å². The molecule has 0 spiro atoms. The van der Waals surface area contributed by atoms with E-state index in [0.29, 0.717) is 19.6 Å². The van der Waals surface area contributed by atoms with Crippen molar-refractivity contribution in [1.82, 2.24) is 19.6 Å². The number of imidazole rings is 1. The van der Waals surface area contributed by atoms with Gasteiger partial charge in [-0.3, -0.25) is 4.40 Å². The van der Waals surface area contributed by atoms with Crippen LogP contribution in [0.15, 0.2) is 73.1 Å². The van der Waals surface area contributed by atoms with E-state index in [9.17, 15) is 9.59 Å². The van der Waals surface area contributed by atoms with Crippen LogP contribution in [0.3, 0.4) is 0 Å². The maximum atomic E-state index is 12.4. The number of hydrogen-bond acceptors (Lipinski definition) is 5. The Balaban J connectivity index is 0.00000165. The van der Waals surface area contributed by atoms with Gasteiger partial charge in [0.05, 0.1) is 11.9 Å². The molecule has 2 N–H and O–H groups in total. The third-order valence-corrected chi connectivity index (χ3v) is 6.76. The zero-order valence-corrected chi connectivity index (χ0v) is 25.5. The van der Waals surface area contributed by atoms with E-state index in [1.54, 1.807) is 4.90 Å². The first-order chi connectivity index (χ1) is 20.2. The van der Waals surface area contributed by atoms with Crippen LogP contribution in [-0.4, -0.2) is 64.7 Å². The van der Waals surface area contributed by atoms with Crippen LogP contribution < -0.4 is 15.5 Å². The van der Waals surface area contributed by atoms with Crippen molar-refractivity contribution in [3.05, 3.63) is 73.1 Å². The number of rotatable bonds is 5. The van der Waals surface area contributed by atoms with Gasteiger partial charge in [-0.25, -0.2) is 14.6 Å². The number of benzene rings is 2. The first-order valence-corrected chi connectivity index (χ1v) is 14.7. The first-order valence-electron chi connectivity index (χ1n) is 14.7. The van der Waals surface area contributed by atoms with Crippen molar-refractivity contribution in [3.8, 4) is 22.4 Å². The van der Waals surface area contributed by atoms with E-state index in [4.69, 9.17) is 4.74 Å². The number of amides is 3. The number of carbonyl (C=O) groups is 2. The molecule has 0 atom stereocenters. The lowest BCUT2D eigenvalue weighted by Gasteiger charge is -2.36. The molecule has 1 saturated heterocycles. The molecule has 0 bridgehead atoms. The zero-order valence-electron chi connectivity index (χ0n) is 25.5. The van der Waals surface area contributed by atoms with Crippen LogP contribution in [0.4, 0.5) is 21.0 Å². The summed E-state index contributed by atoms with van der Waals surface area (Å²) in [4.78, 5) is 33.0. The molecule has 2 aromatic heterocycles. The minimum Gasteiger partial charge on any atom is -0.444 e. The second-order valence-corrected chi connectivity index (χ2v) is 10.9. The molecule has 42 heavy (non-hydrogen) atoms. The average Bonchev–Trinajstić information content (AvgIpc) is 3.41. The normalized spacial score (nSPS) is 13.3. The summed E-state index contributed by atoms with van der Waals surface area (Å²) in [6.45, 7) is 14.9. The highest BCUT2D eigenvalue weighted by molar-refractivity contribution is 5.90. The minimum absolute atomic E-state index is 0. The summed E-state index contributed by atoms with van der Waals surface area (Å²) >= 11 is 0. The average molecular weight is 575 g/mol. The van der Waals surface area contributed by atoms with Crippen LogP contribution in [0.25, 0.3) is 28.0 Å². The lowest BCUT2D eigenvalue weighted by molar-refractivity contribution is 0.0240. The Kier molecular flexibility index (Phi) is 9.72. The fraction of sp³-hybridized carbons (Fsp3) is 0.364. The number of ether oxygens (including phenoxy) is 1. The van der Waals surface area contributed by atoms with Gasteiger partial charge in [0.2, 0.25) is 0 Å². The largest absolute Gasteiger partial charge is 0.444 e. The molecule has 0 aliphatic carbocycles. The Bertz CT molecular complexity index is 1510. The molecule has 3 amide bonds. The highest BCUT2D eigenvalue weighted by atomic mass is 16.6. The molecule has 4 aromatic rings. The third kappa shape index (κ3) is 7.40. The van der Waals surface area contributed by atoms with Gasteiger partial charge in [-0.05, 0) is 75.2 Å². The highest BCUT2D eigenvalue weighted by Gasteiger charge is 2.26. The summed E-state index contributed by atoms with van der Waals surface area (Å²) in [6.07, 6.45) is 3.63. The number of anilines is 2. The van der Waals surface area contributed by atoms with Gasteiger partial charge in [-0.1, -0.05) is 38.1 Å². The van der Waals surface area contributed by atoms with Crippen molar-refractivity contribution >= 4 is 29.1 Å². The van der Waals surface area contributed by atoms with E-state index in [2.05, 4.69) is 56.9 Å². The van der Waals surface area contributed by atoms with Crippen molar-refractivity contribution in [2.45, 2.75) is 47.1 Å². The molecule has 0 unspecified atom stereocenters. The number of piperazine rings is 1. The van der Waals surface area contributed by atoms with E-state index < -0.39 is 5.60 Å². The van der Waals surface area contributed by atoms with Crippen molar-refractivity contribution in [2.75, 3.05) is 42.9 Å². The second kappa shape index (κ2) is 13.4. The molecule has 1 aliphatic heterocycles. The van der Waals surface area contributed by atoms with Crippen LogP contribution in [-0.2, 0) is 4.74 Å². The third-order valence-electron chi connectivity index (χ3n) is 6.76. The van der Waals surface area contributed by atoms with Crippen LogP contribution in [0.2, 0.25) is 0 Å². The van der Waals surface area contributed by atoms with Gasteiger partial charge < -0.3 is 25.2 Å². The minimum atomic E-state index is -0.485. The standard InChI is InChI=1S/C31H36N6O3.C2H6.2H2/c1-5-32-29(38)34-25-8-6-7-24(19-25)27-21-33-28-20-23(13-14-37(27)28)22-9-11-26(12-10-22)35-15-17-36(18-16-35)30(39)40-31(2,3)4;1-2;;/h6-14,19-21H,5,15-18H2,1-4H3,(H2,32,34,38);1-2H3;2*1H. The molecule has 3 heterocycles. The first kappa shape index (κ1) is 30.4. The Hall–Kier alpha value is -4.53. The molecule has 9 nitrogen and oxygen atoms in total. The van der Waals surface area contributed by atoms with Crippen LogP contribution in [0.1, 0.15) is 44.4 Å². The van der Waals surface area contributed by atoms with Gasteiger partial charge in [0.25, 0.3) is 0 Å². The number of aromatic nitrogens is 2. The lowest BCUT2D eigenvalue weighted by Crippen LogP contribution is -2.50. The number of carbonyl (C=O) groups excluding carboxylic acids is 2. The molecule has 1 fully saturated rings. The summed E-state index contributed by atoms with van der Waals surface area (Å²) < 4.78 is 7.56. The predicted octanol–water partition coefficient (Wildman–Crippen LogP) is 7.39. The quantitative estimate of drug-likeness (QED) is 0.259. The SMILES string of the molecule is CC.CCNC(=O)Nc1cccc(-c2cnc3cc(-c4ccc(N5CCN(C(=O)OC(C)(C)C)CC5)cc4)ccn23)c1.[HH].[HH]. The summed E-state index contributed by atoms with van der Waals surface area (Å²) in [7, 11) is 0. The Morgan fingerprint density at radius 1 is 0.929 bits per heavy atom. The number of nitrogens with one attached hydrogen (secondary N) is 2. The summed E-state index contributed by atoms with van der Waals surface area (Å²) in [5.74, 6) is 0. The van der Waals surface area contributed by atoms with Gasteiger partial charge in [0.1, 0.15) is 11.2 Å². The molecule has 9 heteroatoms. The van der Waals surface area contributed by atoms with E-state index in [1.165, 1.54) is 0 Å². The molecular formula is C33H46N6O3. The molecule has 1 aliphatic rings. The molecule has 0 saturated carbocycles. The Labute approximate surface area is 251 Å². The summed E-state index contributed by atoms with van der Waals surface area (Å²) in [6, 6.07) is 20.2. The van der Waals surface area contributed by atoms with E-state index >= 15 is 0 Å².